The molecule has 0 aromatic heterocycles. The van der Waals surface area contributed by atoms with Crippen molar-refractivity contribution in [2.75, 3.05) is 0 Å². The normalized spacial score (nSPS) is 30.6. The standard InChI is InChI=1S/C29H40O4/c1-8-10-24-26-27(33-28(30-24)22-13-11-18(4)20(6)15-22)25(17(3)9-2)31-29(32-26)23-14-12-19(5)21(7)16-23/h11-17,24-29H,8-10H2,1-7H3. The highest BCUT2D eigenvalue weighted by molar-refractivity contribution is 5.32. The minimum atomic E-state index is -0.408. The summed E-state index contributed by atoms with van der Waals surface area (Å²) in [5, 5.41) is 0. The first-order valence-corrected chi connectivity index (χ1v) is 12.6. The van der Waals surface area contributed by atoms with Gasteiger partial charge in [-0.25, -0.2) is 0 Å². The molecule has 33 heavy (non-hydrogen) atoms. The Balaban J connectivity index is 1.67. The summed E-state index contributed by atoms with van der Waals surface area (Å²) in [6.07, 6.45) is 1.74. The van der Waals surface area contributed by atoms with E-state index in [4.69, 9.17) is 18.9 Å². The highest BCUT2D eigenvalue weighted by Gasteiger charge is 2.51. The lowest BCUT2D eigenvalue weighted by atomic mass is 9.88. The first-order chi connectivity index (χ1) is 15.8. The van der Waals surface area contributed by atoms with Crippen molar-refractivity contribution in [3.05, 3.63) is 69.8 Å². The molecule has 0 saturated carbocycles. The van der Waals surface area contributed by atoms with E-state index in [0.29, 0.717) is 5.92 Å². The van der Waals surface area contributed by atoms with Crippen molar-refractivity contribution in [1.82, 2.24) is 0 Å². The quantitative estimate of drug-likeness (QED) is 0.471. The number of rotatable bonds is 6. The van der Waals surface area contributed by atoms with Crippen LogP contribution < -0.4 is 0 Å². The third-order valence-corrected chi connectivity index (χ3v) is 7.54. The maximum atomic E-state index is 6.64. The third kappa shape index (κ3) is 5.05. The lowest BCUT2D eigenvalue weighted by Crippen LogP contribution is -2.59. The van der Waals surface area contributed by atoms with Crippen LogP contribution in [0.3, 0.4) is 0 Å². The zero-order chi connectivity index (χ0) is 23.7. The van der Waals surface area contributed by atoms with Gasteiger partial charge in [-0.3, -0.25) is 0 Å². The van der Waals surface area contributed by atoms with Crippen LogP contribution in [-0.2, 0) is 18.9 Å². The van der Waals surface area contributed by atoms with Gasteiger partial charge in [0.25, 0.3) is 0 Å². The number of hydrogen-bond donors (Lipinski definition) is 0. The lowest BCUT2D eigenvalue weighted by molar-refractivity contribution is -0.388. The first kappa shape index (κ1) is 24.4. The van der Waals surface area contributed by atoms with Crippen molar-refractivity contribution in [3.8, 4) is 0 Å². The van der Waals surface area contributed by atoms with Gasteiger partial charge in [0.15, 0.2) is 12.6 Å². The summed E-state index contributed by atoms with van der Waals surface area (Å²) >= 11 is 0. The molecule has 2 aliphatic rings. The molecule has 4 nitrogen and oxygen atoms in total. The van der Waals surface area contributed by atoms with Crippen LogP contribution in [-0.4, -0.2) is 24.4 Å². The molecule has 180 valence electrons. The Kier molecular flexibility index (Phi) is 7.59. The number of benzene rings is 2. The fourth-order valence-electron chi connectivity index (χ4n) is 4.87. The zero-order valence-electron chi connectivity index (χ0n) is 21.3. The van der Waals surface area contributed by atoms with Crippen LogP contribution in [0, 0.1) is 33.6 Å². The molecule has 4 heteroatoms. The smallest absolute Gasteiger partial charge is 0.184 e. The summed E-state index contributed by atoms with van der Waals surface area (Å²) in [5.74, 6) is 0.344. The Morgan fingerprint density at radius 1 is 0.697 bits per heavy atom. The second-order valence-corrected chi connectivity index (χ2v) is 10.0. The van der Waals surface area contributed by atoms with E-state index in [9.17, 15) is 0 Å². The molecule has 0 bridgehead atoms. The van der Waals surface area contributed by atoms with E-state index in [0.717, 1.165) is 30.4 Å². The van der Waals surface area contributed by atoms with E-state index < -0.39 is 12.6 Å². The Morgan fingerprint density at radius 3 is 1.76 bits per heavy atom. The third-order valence-electron chi connectivity index (χ3n) is 7.54. The summed E-state index contributed by atoms with van der Waals surface area (Å²) in [6, 6.07) is 12.9. The van der Waals surface area contributed by atoms with E-state index in [1.54, 1.807) is 0 Å². The van der Waals surface area contributed by atoms with Gasteiger partial charge in [0.05, 0.1) is 12.2 Å². The molecule has 7 unspecified atom stereocenters. The number of ether oxygens (including phenoxy) is 4. The van der Waals surface area contributed by atoms with Crippen LogP contribution in [0.5, 0.6) is 0 Å². The highest BCUT2D eigenvalue weighted by Crippen LogP contribution is 2.44. The van der Waals surface area contributed by atoms with E-state index in [1.807, 2.05) is 0 Å². The molecular formula is C29H40O4. The van der Waals surface area contributed by atoms with E-state index in [-0.39, 0.29) is 24.4 Å². The van der Waals surface area contributed by atoms with E-state index >= 15 is 0 Å². The summed E-state index contributed by atoms with van der Waals surface area (Å²) in [4.78, 5) is 0. The predicted octanol–water partition coefficient (Wildman–Crippen LogP) is 7.03. The second-order valence-electron chi connectivity index (χ2n) is 10.0. The van der Waals surface area contributed by atoms with Crippen LogP contribution in [0.25, 0.3) is 0 Å². The molecule has 0 aliphatic carbocycles. The summed E-state index contributed by atoms with van der Waals surface area (Å²) in [7, 11) is 0. The number of hydrogen-bond acceptors (Lipinski definition) is 4. The van der Waals surface area contributed by atoms with Gasteiger partial charge in [0.2, 0.25) is 0 Å². The second kappa shape index (κ2) is 10.3. The summed E-state index contributed by atoms with van der Waals surface area (Å²) in [6.45, 7) is 15.2. The minimum Gasteiger partial charge on any atom is -0.342 e. The fourth-order valence-corrected chi connectivity index (χ4v) is 4.87. The van der Waals surface area contributed by atoms with Crippen molar-refractivity contribution in [2.45, 2.75) is 105 Å². The Hall–Kier alpha value is -1.72. The Labute approximate surface area is 199 Å². The lowest BCUT2D eigenvalue weighted by Gasteiger charge is -2.50. The van der Waals surface area contributed by atoms with Crippen molar-refractivity contribution in [2.24, 2.45) is 5.92 Å². The van der Waals surface area contributed by atoms with Crippen LogP contribution in [0.4, 0.5) is 0 Å². The minimum absolute atomic E-state index is 0.0372. The van der Waals surface area contributed by atoms with Gasteiger partial charge in [0.1, 0.15) is 12.2 Å². The van der Waals surface area contributed by atoms with Gasteiger partial charge in [-0.05, 0) is 62.3 Å². The van der Waals surface area contributed by atoms with Gasteiger partial charge in [-0.15, -0.1) is 0 Å². The summed E-state index contributed by atoms with van der Waals surface area (Å²) in [5.41, 5.74) is 7.18. The molecular weight excluding hydrogens is 412 g/mol. The van der Waals surface area contributed by atoms with Gasteiger partial charge in [0, 0.05) is 11.1 Å². The SMILES string of the molecule is CCCC1OC(c2ccc(C)c(C)c2)OC2C(C(C)CC)OC(c3ccc(C)c(C)c3)OC12. The Bertz CT molecular complexity index is 955. The molecule has 0 amide bonds. The number of fused-ring (bicyclic) bond motifs is 1. The van der Waals surface area contributed by atoms with Crippen molar-refractivity contribution >= 4 is 0 Å². The van der Waals surface area contributed by atoms with Gasteiger partial charge in [-0.1, -0.05) is 70.0 Å². The topological polar surface area (TPSA) is 36.9 Å². The Morgan fingerprint density at radius 2 is 1.24 bits per heavy atom. The average Bonchev–Trinajstić information content (AvgIpc) is 2.81. The van der Waals surface area contributed by atoms with E-state index in [2.05, 4.69) is 84.9 Å². The van der Waals surface area contributed by atoms with Crippen molar-refractivity contribution in [3.63, 3.8) is 0 Å². The van der Waals surface area contributed by atoms with Gasteiger partial charge < -0.3 is 18.9 Å². The molecule has 2 aromatic carbocycles. The van der Waals surface area contributed by atoms with Crippen molar-refractivity contribution in [1.29, 1.82) is 0 Å². The predicted molar refractivity (Wildman–Crippen MR) is 131 cm³/mol. The maximum Gasteiger partial charge on any atom is 0.184 e. The molecule has 0 spiro atoms. The zero-order valence-corrected chi connectivity index (χ0v) is 21.3. The van der Waals surface area contributed by atoms with Crippen LogP contribution in [0.1, 0.15) is 86.0 Å². The van der Waals surface area contributed by atoms with Gasteiger partial charge in [-0.2, -0.15) is 0 Å². The molecule has 2 aliphatic heterocycles. The molecule has 2 aromatic rings. The molecule has 0 N–H and O–H groups in total. The van der Waals surface area contributed by atoms with Crippen LogP contribution in [0.2, 0.25) is 0 Å². The molecule has 2 saturated heterocycles. The van der Waals surface area contributed by atoms with Crippen LogP contribution in [0.15, 0.2) is 36.4 Å². The van der Waals surface area contributed by atoms with Gasteiger partial charge >= 0.3 is 0 Å². The molecule has 2 fully saturated rings. The van der Waals surface area contributed by atoms with Crippen molar-refractivity contribution < 1.29 is 18.9 Å². The summed E-state index contributed by atoms with van der Waals surface area (Å²) < 4.78 is 26.5. The fraction of sp³-hybridized carbons (Fsp3) is 0.586. The monoisotopic (exact) mass is 452 g/mol. The molecule has 7 atom stereocenters. The highest BCUT2D eigenvalue weighted by atomic mass is 16.8. The maximum absolute atomic E-state index is 6.64. The molecule has 0 radical (unpaired) electrons. The van der Waals surface area contributed by atoms with Crippen LogP contribution >= 0.6 is 0 Å². The molecule has 2 heterocycles. The molecule has 4 rings (SSSR count). The first-order valence-electron chi connectivity index (χ1n) is 12.6. The van der Waals surface area contributed by atoms with E-state index in [1.165, 1.54) is 22.3 Å². The number of aryl methyl sites for hydroxylation is 4. The largest absolute Gasteiger partial charge is 0.342 e. The average molecular weight is 453 g/mol.